The molecular weight excluding hydrogens is 170 g/mol. The average molecular weight is 189 g/mol. The molecule has 0 saturated carbocycles. The van der Waals surface area contributed by atoms with E-state index in [0.717, 1.165) is 6.42 Å². The van der Waals surface area contributed by atoms with Crippen LogP contribution in [0.3, 0.4) is 0 Å². The summed E-state index contributed by atoms with van der Waals surface area (Å²) in [6.07, 6.45) is 1.00. The molecule has 0 aromatic rings. The lowest BCUT2D eigenvalue weighted by molar-refractivity contribution is -0.0193. The van der Waals surface area contributed by atoms with E-state index in [4.69, 9.17) is 19.9 Å². The molecule has 0 amide bonds. The highest BCUT2D eigenvalue weighted by Crippen LogP contribution is 2.19. The lowest BCUT2D eigenvalue weighted by atomic mass is 10.1. The van der Waals surface area contributed by atoms with E-state index in [9.17, 15) is 0 Å². The second kappa shape index (κ2) is 5.54. The van der Waals surface area contributed by atoms with E-state index in [1.165, 1.54) is 0 Å². The van der Waals surface area contributed by atoms with Crippen LogP contribution in [0.5, 0.6) is 0 Å². The Morgan fingerprint density at radius 3 is 2.92 bits per heavy atom. The van der Waals surface area contributed by atoms with Crippen LogP contribution in [0.15, 0.2) is 0 Å². The summed E-state index contributed by atoms with van der Waals surface area (Å²) >= 11 is 0. The molecule has 0 bridgehead atoms. The highest BCUT2D eigenvalue weighted by Gasteiger charge is 2.35. The van der Waals surface area contributed by atoms with Gasteiger partial charge in [-0.1, -0.05) is 0 Å². The minimum absolute atomic E-state index is 0.0156. The van der Waals surface area contributed by atoms with Gasteiger partial charge in [-0.25, -0.2) is 0 Å². The Balaban J connectivity index is 2.34. The molecule has 1 aliphatic heterocycles. The van der Waals surface area contributed by atoms with E-state index < -0.39 is 0 Å². The smallest absolute Gasteiger partial charge is 0.101 e. The molecule has 2 unspecified atom stereocenters. The molecular formula is C9H19NO3. The quantitative estimate of drug-likeness (QED) is 0.669. The zero-order valence-corrected chi connectivity index (χ0v) is 8.36. The first kappa shape index (κ1) is 10.9. The van der Waals surface area contributed by atoms with Crippen molar-refractivity contribution in [3.63, 3.8) is 0 Å². The van der Waals surface area contributed by atoms with Gasteiger partial charge in [0.25, 0.3) is 0 Å². The molecule has 1 aliphatic rings. The lowest BCUT2D eigenvalue weighted by Gasteiger charge is -2.20. The van der Waals surface area contributed by atoms with Gasteiger partial charge in [0.15, 0.2) is 0 Å². The molecule has 4 heteroatoms. The van der Waals surface area contributed by atoms with Crippen molar-refractivity contribution in [3.05, 3.63) is 0 Å². The van der Waals surface area contributed by atoms with E-state index >= 15 is 0 Å². The minimum atomic E-state index is 0.0156. The van der Waals surface area contributed by atoms with Gasteiger partial charge in [-0.05, 0) is 13.3 Å². The lowest BCUT2D eigenvalue weighted by Crippen LogP contribution is -2.39. The first-order valence-corrected chi connectivity index (χ1v) is 4.77. The van der Waals surface area contributed by atoms with E-state index in [1.54, 1.807) is 7.11 Å². The molecule has 13 heavy (non-hydrogen) atoms. The van der Waals surface area contributed by atoms with Gasteiger partial charge in [-0.15, -0.1) is 0 Å². The number of rotatable bonds is 5. The summed E-state index contributed by atoms with van der Waals surface area (Å²) in [6.45, 7) is 3.95. The van der Waals surface area contributed by atoms with Crippen LogP contribution in [0.1, 0.15) is 13.3 Å². The maximum atomic E-state index is 5.84. The summed E-state index contributed by atoms with van der Waals surface area (Å²) in [5, 5.41) is 0. The highest BCUT2D eigenvalue weighted by molar-refractivity contribution is 4.87. The molecule has 0 aliphatic carbocycles. The van der Waals surface area contributed by atoms with Gasteiger partial charge in [-0.3, -0.25) is 0 Å². The molecule has 1 saturated heterocycles. The van der Waals surface area contributed by atoms with E-state index in [0.29, 0.717) is 19.8 Å². The van der Waals surface area contributed by atoms with Gasteiger partial charge < -0.3 is 19.9 Å². The van der Waals surface area contributed by atoms with Crippen molar-refractivity contribution < 1.29 is 14.2 Å². The molecule has 1 rings (SSSR count). The van der Waals surface area contributed by atoms with Crippen molar-refractivity contribution in [1.82, 2.24) is 0 Å². The van der Waals surface area contributed by atoms with Gasteiger partial charge >= 0.3 is 0 Å². The zero-order valence-electron chi connectivity index (χ0n) is 8.36. The molecule has 0 radical (unpaired) electrons. The third-order valence-corrected chi connectivity index (χ3v) is 2.26. The second-order valence-corrected chi connectivity index (χ2v) is 3.24. The van der Waals surface area contributed by atoms with Crippen LogP contribution in [-0.4, -0.2) is 45.2 Å². The predicted molar refractivity (Wildman–Crippen MR) is 49.6 cm³/mol. The fourth-order valence-corrected chi connectivity index (χ4v) is 1.61. The van der Waals surface area contributed by atoms with Crippen LogP contribution >= 0.6 is 0 Å². The predicted octanol–water partition coefficient (Wildman–Crippen LogP) is 0.154. The average Bonchev–Trinajstić information content (AvgIpc) is 2.46. The standard InChI is InChI=1S/C9H19NO3/c1-3-12-9-7(10)6-13-8(9)4-5-11-2/h7-9H,3-6,10H2,1-2H3/t7?,8?,9-/m0/s1. The van der Waals surface area contributed by atoms with Crippen LogP contribution in [0, 0.1) is 0 Å². The molecule has 4 nitrogen and oxygen atoms in total. The normalized spacial score (nSPS) is 33.9. The molecule has 3 atom stereocenters. The first-order chi connectivity index (χ1) is 6.29. The van der Waals surface area contributed by atoms with Crippen molar-refractivity contribution in [3.8, 4) is 0 Å². The van der Waals surface area contributed by atoms with Crippen LogP contribution in [-0.2, 0) is 14.2 Å². The third kappa shape index (κ3) is 2.91. The number of methoxy groups -OCH3 is 1. The summed E-state index contributed by atoms with van der Waals surface area (Å²) in [7, 11) is 1.69. The third-order valence-electron chi connectivity index (χ3n) is 2.26. The maximum Gasteiger partial charge on any atom is 0.101 e. The summed E-state index contributed by atoms with van der Waals surface area (Å²) in [5.74, 6) is 0. The van der Waals surface area contributed by atoms with Gasteiger partial charge in [0, 0.05) is 20.3 Å². The van der Waals surface area contributed by atoms with Crippen molar-refractivity contribution in [2.24, 2.45) is 5.73 Å². The fourth-order valence-electron chi connectivity index (χ4n) is 1.61. The summed E-state index contributed by atoms with van der Waals surface area (Å²) in [4.78, 5) is 0. The van der Waals surface area contributed by atoms with Crippen molar-refractivity contribution in [1.29, 1.82) is 0 Å². The number of hydrogen-bond donors (Lipinski definition) is 1. The minimum Gasteiger partial charge on any atom is -0.385 e. The van der Waals surface area contributed by atoms with Crippen molar-refractivity contribution in [2.45, 2.75) is 31.6 Å². The Morgan fingerprint density at radius 1 is 1.54 bits per heavy atom. The van der Waals surface area contributed by atoms with E-state index in [2.05, 4.69) is 0 Å². The monoisotopic (exact) mass is 189 g/mol. The van der Waals surface area contributed by atoms with Gasteiger partial charge in [0.05, 0.1) is 18.8 Å². The number of hydrogen-bond acceptors (Lipinski definition) is 4. The van der Waals surface area contributed by atoms with Crippen LogP contribution in [0.4, 0.5) is 0 Å². The second-order valence-electron chi connectivity index (χ2n) is 3.24. The largest absolute Gasteiger partial charge is 0.385 e. The van der Waals surface area contributed by atoms with Crippen LogP contribution in [0.2, 0.25) is 0 Å². The molecule has 0 aromatic carbocycles. The molecule has 1 heterocycles. The Morgan fingerprint density at radius 2 is 2.31 bits per heavy atom. The zero-order chi connectivity index (χ0) is 9.68. The molecule has 0 spiro atoms. The molecule has 78 valence electrons. The van der Waals surface area contributed by atoms with E-state index in [-0.39, 0.29) is 18.2 Å². The molecule has 1 fully saturated rings. The first-order valence-electron chi connectivity index (χ1n) is 4.77. The topological polar surface area (TPSA) is 53.7 Å². The van der Waals surface area contributed by atoms with Gasteiger partial charge in [0.1, 0.15) is 6.10 Å². The maximum absolute atomic E-state index is 5.84. The van der Waals surface area contributed by atoms with Crippen LogP contribution < -0.4 is 5.73 Å². The number of nitrogens with two attached hydrogens (primary N) is 1. The van der Waals surface area contributed by atoms with E-state index in [1.807, 2.05) is 6.92 Å². The van der Waals surface area contributed by atoms with Gasteiger partial charge in [0.2, 0.25) is 0 Å². The van der Waals surface area contributed by atoms with Crippen molar-refractivity contribution in [2.75, 3.05) is 26.9 Å². The van der Waals surface area contributed by atoms with Crippen molar-refractivity contribution >= 4 is 0 Å². The highest BCUT2D eigenvalue weighted by atomic mass is 16.6. The summed E-state index contributed by atoms with van der Waals surface area (Å²) < 4.78 is 16.0. The Hall–Kier alpha value is -0.160. The molecule has 0 aromatic heterocycles. The fraction of sp³-hybridized carbons (Fsp3) is 1.00. The number of ether oxygens (including phenoxy) is 3. The Labute approximate surface area is 79.3 Å². The van der Waals surface area contributed by atoms with Gasteiger partial charge in [-0.2, -0.15) is 0 Å². The summed E-state index contributed by atoms with van der Waals surface area (Å²) in [6, 6.07) is 0.0156. The molecule has 2 N–H and O–H groups in total. The van der Waals surface area contributed by atoms with Crippen LogP contribution in [0.25, 0.3) is 0 Å². The summed E-state index contributed by atoms with van der Waals surface area (Å²) in [5.41, 5.74) is 5.84. The Kier molecular flexibility index (Phi) is 4.66. The Bertz CT molecular complexity index is 143. The SMILES string of the molecule is CCO[C@H]1C(N)COC1CCOC.